The normalized spacial score (nSPS) is 17.3. The van der Waals surface area contributed by atoms with Gasteiger partial charge in [0.1, 0.15) is 0 Å². The van der Waals surface area contributed by atoms with Crippen molar-refractivity contribution in [1.82, 2.24) is 10.3 Å². The predicted molar refractivity (Wildman–Crippen MR) is 101 cm³/mol. The van der Waals surface area contributed by atoms with Gasteiger partial charge in [0.2, 0.25) is 5.91 Å². The van der Waals surface area contributed by atoms with Crippen LogP contribution in [0.25, 0.3) is 0 Å². The number of hydrogen-bond donors (Lipinski definition) is 1. The Bertz CT molecular complexity index is 669. The second-order valence-corrected chi connectivity index (χ2v) is 6.99. The molecule has 4 nitrogen and oxygen atoms in total. The smallest absolute Gasteiger partial charge is 0.220 e. The first kappa shape index (κ1) is 17.5. The molecular formula is C21H27N3O. The van der Waals surface area contributed by atoms with Gasteiger partial charge in [-0.15, -0.1) is 0 Å². The van der Waals surface area contributed by atoms with Gasteiger partial charge in [0.05, 0.1) is 0 Å². The Hall–Kier alpha value is -2.36. The highest BCUT2D eigenvalue weighted by molar-refractivity contribution is 5.76. The quantitative estimate of drug-likeness (QED) is 0.876. The van der Waals surface area contributed by atoms with E-state index in [2.05, 4.69) is 46.4 Å². The van der Waals surface area contributed by atoms with Gasteiger partial charge in [-0.25, -0.2) is 0 Å². The summed E-state index contributed by atoms with van der Waals surface area (Å²) in [5.74, 6) is 0.860. The number of nitrogens with zero attached hydrogens (tertiary/aromatic N) is 2. The standard InChI is InChI=1S/C21H27N3O/c1-17-3-2-14-24(16-17)20-7-4-19(5-8-20)15-23-21(25)9-6-18-10-12-22-13-11-18/h4-5,7-8,10-13,17H,2-3,6,9,14-16H2,1H3,(H,23,25). The van der Waals surface area contributed by atoms with E-state index in [-0.39, 0.29) is 5.91 Å². The van der Waals surface area contributed by atoms with Crippen molar-refractivity contribution in [2.75, 3.05) is 18.0 Å². The maximum absolute atomic E-state index is 12.0. The fraction of sp³-hybridized carbons (Fsp3) is 0.429. The van der Waals surface area contributed by atoms with E-state index in [9.17, 15) is 4.79 Å². The first-order chi connectivity index (χ1) is 12.2. The lowest BCUT2D eigenvalue weighted by Gasteiger charge is -2.32. The van der Waals surface area contributed by atoms with Gasteiger partial charge in [0.15, 0.2) is 0 Å². The SMILES string of the molecule is CC1CCCN(c2ccc(CNC(=O)CCc3ccncc3)cc2)C1. The van der Waals surface area contributed by atoms with Crippen LogP contribution in [-0.2, 0) is 17.8 Å². The molecule has 0 spiro atoms. The van der Waals surface area contributed by atoms with Crippen LogP contribution in [0.4, 0.5) is 5.69 Å². The molecule has 1 unspecified atom stereocenters. The van der Waals surface area contributed by atoms with Gasteiger partial charge in [-0.2, -0.15) is 0 Å². The second-order valence-electron chi connectivity index (χ2n) is 6.99. The van der Waals surface area contributed by atoms with Crippen molar-refractivity contribution in [2.45, 2.75) is 39.2 Å². The van der Waals surface area contributed by atoms with Crippen LogP contribution >= 0.6 is 0 Å². The van der Waals surface area contributed by atoms with E-state index < -0.39 is 0 Å². The summed E-state index contributed by atoms with van der Waals surface area (Å²) < 4.78 is 0. The minimum Gasteiger partial charge on any atom is -0.371 e. The number of amides is 1. The van der Waals surface area contributed by atoms with Crippen LogP contribution in [0.1, 0.15) is 37.3 Å². The van der Waals surface area contributed by atoms with Crippen molar-refractivity contribution in [1.29, 1.82) is 0 Å². The molecule has 1 aromatic carbocycles. The molecule has 0 saturated carbocycles. The molecular weight excluding hydrogens is 310 g/mol. The zero-order chi connectivity index (χ0) is 17.5. The van der Waals surface area contributed by atoms with E-state index in [4.69, 9.17) is 0 Å². The minimum atomic E-state index is 0.0887. The van der Waals surface area contributed by atoms with E-state index >= 15 is 0 Å². The van der Waals surface area contributed by atoms with Crippen molar-refractivity contribution in [2.24, 2.45) is 5.92 Å². The average Bonchev–Trinajstić information content (AvgIpc) is 2.66. The summed E-state index contributed by atoms with van der Waals surface area (Å²) in [6.45, 7) is 5.20. The van der Waals surface area contributed by atoms with E-state index in [1.165, 1.54) is 18.5 Å². The molecule has 132 valence electrons. The van der Waals surface area contributed by atoms with Crippen molar-refractivity contribution in [3.8, 4) is 0 Å². The van der Waals surface area contributed by atoms with Crippen LogP contribution in [0.3, 0.4) is 0 Å². The molecule has 0 radical (unpaired) electrons. The van der Waals surface area contributed by atoms with E-state index in [1.807, 2.05) is 12.1 Å². The number of hydrogen-bond acceptors (Lipinski definition) is 3. The van der Waals surface area contributed by atoms with Gasteiger partial charge in [-0.3, -0.25) is 9.78 Å². The zero-order valence-electron chi connectivity index (χ0n) is 14.9. The van der Waals surface area contributed by atoms with Crippen LogP contribution < -0.4 is 10.2 Å². The summed E-state index contributed by atoms with van der Waals surface area (Å²) in [6, 6.07) is 12.5. The fourth-order valence-corrected chi connectivity index (χ4v) is 3.34. The minimum absolute atomic E-state index is 0.0887. The Balaban J connectivity index is 1.44. The number of piperidine rings is 1. The van der Waals surface area contributed by atoms with Crippen LogP contribution in [-0.4, -0.2) is 24.0 Å². The molecule has 0 bridgehead atoms. The average molecular weight is 337 g/mol. The molecule has 1 amide bonds. The Morgan fingerprint density at radius 3 is 2.64 bits per heavy atom. The molecule has 4 heteroatoms. The first-order valence-electron chi connectivity index (χ1n) is 9.20. The second kappa shape index (κ2) is 8.65. The number of aryl methyl sites for hydroxylation is 1. The molecule has 2 aromatic rings. The maximum Gasteiger partial charge on any atom is 0.220 e. The van der Waals surface area contributed by atoms with E-state index in [0.29, 0.717) is 13.0 Å². The fourth-order valence-electron chi connectivity index (χ4n) is 3.34. The highest BCUT2D eigenvalue weighted by Crippen LogP contribution is 2.23. The zero-order valence-corrected chi connectivity index (χ0v) is 14.9. The summed E-state index contributed by atoms with van der Waals surface area (Å²) in [5, 5.41) is 3.01. The Morgan fingerprint density at radius 1 is 1.16 bits per heavy atom. The number of benzene rings is 1. The highest BCUT2D eigenvalue weighted by atomic mass is 16.1. The molecule has 1 aromatic heterocycles. The topological polar surface area (TPSA) is 45.2 Å². The lowest BCUT2D eigenvalue weighted by Crippen LogP contribution is -2.34. The lowest BCUT2D eigenvalue weighted by atomic mass is 9.99. The summed E-state index contributed by atoms with van der Waals surface area (Å²) in [7, 11) is 0. The van der Waals surface area contributed by atoms with Crippen molar-refractivity contribution in [3.63, 3.8) is 0 Å². The van der Waals surface area contributed by atoms with E-state index in [1.54, 1.807) is 12.4 Å². The van der Waals surface area contributed by atoms with Gasteiger partial charge in [-0.1, -0.05) is 19.1 Å². The molecule has 1 atom stereocenters. The molecule has 1 fully saturated rings. The van der Waals surface area contributed by atoms with Crippen LogP contribution in [0.15, 0.2) is 48.8 Å². The van der Waals surface area contributed by atoms with Gasteiger partial charge >= 0.3 is 0 Å². The number of anilines is 1. The highest BCUT2D eigenvalue weighted by Gasteiger charge is 2.16. The van der Waals surface area contributed by atoms with E-state index in [0.717, 1.165) is 36.6 Å². The third-order valence-electron chi connectivity index (χ3n) is 4.84. The van der Waals surface area contributed by atoms with Gasteiger partial charge in [-0.05, 0) is 60.6 Å². The summed E-state index contributed by atoms with van der Waals surface area (Å²) in [4.78, 5) is 18.5. The molecule has 25 heavy (non-hydrogen) atoms. The van der Waals surface area contributed by atoms with Crippen LogP contribution in [0.5, 0.6) is 0 Å². The molecule has 1 aliphatic rings. The van der Waals surface area contributed by atoms with Crippen molar-refractivity contribution < 1.29 is 4.79 Å². The first-order valence-corrected chi connectivity index (χ1v) is 9.20. The number of nitrogens with one attached hydrogen (secondary N) is 1. The number of carbonyl (C=O) groups is 1. The molecule has 3 rings (SSSR count). The molecule has 1 N–H and O–H groups in total. The van der Waals surface area contributed by atoms with Gasteiger partial charge in [0.25, 0.3) is 0 Å². The van der Waals surface area contributed by atoms with Gasteiger partial charge < -0.3 is 10.2 Å². The number of carbonyl (C=O) groups excluding carboxylic acids is 1. The Labute approximate surface area is 150 Å². The monoisotopic (exact) mass is 337 g/mol. The van der Waals surface area contributed by atoms with Crippen LogP contribution in [0.2, 0.25) is 0 Å². The number of aromatic nitrogens is 1. The summed E-state index contributed by atoms with van der Waals surface area (Å²) >= 11 is 0. The van der Waals surface area contributed by atoms with Gasteiger partial charge in [0, 0.05) is 44.1 Å². The Kier molecular flexibility index (Phi) is 6.04. The predicted octanol–water partition coefficient (Wildman–Crippen LogP) is 3.57. The molecule has 1 aliphatic heterocycles. The third kappa shape index (κ3) is 5.31. The summed E-state index contributed by atoms with van der Waals surface area (Å²) in [5.41, 5.74) is 3.58. The maximum atomic E-state index is 12.0. The largest absolute Gasteiger partial charge is 0.371 e. The Morgan fingerprint density at radius 2 is 1.92 bits per heavy atom. The molecule has 2 heterocycles. The summed E-state index contributed by atoms with van der Waals surface area (Å²) in [6.07, 6.45) is 7.39. The third-order valence-corrected chi connectivity index (χ3v) is 4.84. The number of pyridine rings is 1. The number of rotatable bonds is 6. The van der Waals surface area contributed by atoms with Crippen LogP contribution in [0, 0.1) is 5.92 Å². The van der Waals surface area contributed by atoms with Crippen molar-refractivity contribution >= 4 is 11.6 Å². The molecule has 0 aliphatic carbocycles. The lowest BCUT2D eigenvalue weighted by molar-refractivity contribution is -0.121. The molecule has 1 saturated heterocycles. The van der Waals surface area contributed by atoms with Crippen molar-refractivity contribution in [3.05, 3.63) is 59.9 Å².